The van der Waals surface area contributed by atoms with Crippen LogP contribution in [0.1, 0.15) is 19.8 Å². The summed E-state index contributed by atoms with van der Waals surface area (Å²) in [5.41, 5.74) is 6.81. The van der Waals surface area contributed by atoms with Crippen molar-refractivity contribution in [1.29, 1.82) is 0 Å². The Balaban J connectivity index is 2.03. The summed E-state index contributed by atoms with van der Waals surface area (Å²) in [6.07, 6.45) is 5.77. The van der Waals surface area contributed by atoms with Crippen LogP contribution in [0.5, 0.6) is 0 Å². The number of aryl methyl sites for hydroxylation is 1. The normalized spacial score (nSPS) is 24.1. The number of nitrogens with two attached hydrogens (primary N) is 1. The van der Waals surface area contributed by atoms with Crippen LogP contribution in [-0.4, -0.2) is 38.9 Å². The Hall–Kier alpha value is -1.69. The molecule has 1 saturated heterocycles. The van der Waals surface area contributed by atoms with Crippen LogP contribution in [-0.2, 0) is 7.05 Å². The molecule has 1 fully saturated rings. The second-order valence-electron chi connectivity index (χ2n) is 5.42. The van der Waals surface area contributed by atoms with Crippen LogP contribution >= 0.6 is 0 Å². The number of piperidine rings is 1. The van der Waals surface area contributed by atoms with Crippen molar-refractivity contribution in [3.63, 3.8) is 0 Å². The second-order valence-corrected chi connectivity index (χ2v) is 5.42. The molecule has 102 valence electrons. The predicted octanol–water partition coefficient (Wildman–Crippen LogP) is 0.927. The third-order valence-corrected chi connectivity index (χ3v) is 4.03. The minimum Gasteiger partial charge on any atom is -0.352 e. The Morgan fingerprint density at radius 1 is 1.42 bits per heavy atom. The Morgan fingerprint density at radius 2 is 2.26 bits per heavy atom. The molecule has 2 aromatic heterocycles. The molecule has 2 N–H and O–H groups in total. The number of anilines is 1. The molecule has 19 heavy (non-hydrogen) atoms. The maximum atomic E-state index is 5.94. The summed E-state index contributed by atoms with van der Waals surface area (Å²) in [4.78, 5) is 11.1. The van der Waals surface area contributed by atoms with Crippen LogP contribution in [0.2, 0.25) is 0 Å². The molecule has 6 nitrogen and oxygen atoms in total. The first-order chi connectivity index (χ1) is 9.20. The van der Waals surface area contributed by atoms with Gasteiger partial charge in [0.2, 0.25) is 0 Å². The zero-order valence-corrected chi connectivity index (χ0v) is 11.5. The van der Waals surface area contributed by atoms with E-state index in [1.807, 2.05) is 13.2 Å². The molecule has 1 aliphatic heterocycles. The molecular formula is C13H20N6. The molecule has 0 radical (unpaired) electrons. The molecular weight excluding hydrogens is 240 g/mol. The van der Waals surface area contributed by atoms with Crippen LogP contribution < -0.4 is 10.6 Å². The third-order valence-electron chi connectivity index (χ3n) is 4.03. The van der Waals surface area contributed by atoms with Crippen molar-refractivity contribution in [2.75, 3.05) is 18.0 Å². The van der Waals surface area contributed by atoms with Crippen molar-refractivity contribution in [2.45, 2.75) is 25.8 Å². The van der Waals surface area contributed by atoms with E-state index in [4.69, 9.17) is 5.73 Å². The molecule has 0 spiro atoms. The quantitative estimate of drug-likeness (QED) is 0.869. The highest BCUT2D eigenvalue weighted by Gasteiger charge is 2.27. The lowest BCUT2D eigenvalue weighted by Gasteiger charge is -2.38. The average molecular weight is 260 g/mol. The van der Waals surface area contributed by atoms with Crippen LogP contribution in [0.25, 0.3) is 11.0 Å². The summed E-state index contributed by atoms with van der Waals surface area (Å²) in [6, 6.07) is 0.363. The van der Waals surface area contributed by atoms with E-state index in [0.29, 0.717) is 12.6 Å². The Morgan fingerprint density at radius 3 is 3.05 bits per heavy atom. The zero-order valence-electron chi connectivity index (χ0n) is 11.5. The first-order valence-corrected chi connectivity index (χ1v) is 6.80. The van der Waals surface area contributed by atoms with Crippen LogP contribution in [0.4, 0.5) is 5.82 Å². The molecule has 2 atom stereocenters. The van der Waals surface area contributed by atoms with Gasteiger partial charge >= 0.3 is 0 Å². The Kier molecular flexibility index (Phi) is 3.10. The minimum absolute atomic E-state index is 0.363. The van der Waals surface area contributed by atoms with Crippen LogP contribution in [0.15, 0.2) is 12.5 Å². The highest BCUT2D eigenvalue weighted by Crippen LogP contribution is 2.30. The first-order valence-electron chi connectivity index (χ1n) is 6.80. The van der Waals surface area contributed by atoms with Crippen molar-refractivity contribution in [3.8, 4) is 0 Å². The SMILES string of the molecule is CC1CCN(c2ncnc3c2cnn3C)C(CN)C1. The summed E-state index contributed by atoms with van der Waals surface area (Å²) < 4.78 is 1.78. The number of nitrogens with zero attached hydrogens (tertiary/aromatic N) is 5. The van der Waals surface area contributed by atoms with Gasteiger partial charge in [-0.3, -0.25) is 4.68 Å². The molecule has 0 aromatic carbocycles. The highest BCUT2D eigenvalue weighted by atomic mass is 15.3. The molecule has 6 heteroatoms. The van der Waals surface area contributed by atoms with Crippen LogP contribution in [0.3, 0.4) is 0 Å². The summed E-state index contributed by atoms with van der Waals surface area (Å²) in [5, 5.41) is 5.29. The van der Waals surface area contributed by atoms with Gasteiger partial charge in [0, 0.05) is 26.2 Å². The van der Waals surface area contributed by atoms with E-state index in [0.717, 1.165) is 35.7 Å². The fourth-order valence-electron chi connectivity index (χ4n) is 2.93. The molecule has 1 aliphatic rings. The number of aromatic nitrogens is 4. The van der Waals surface area contributed by atoms with Crippen molar-refractivity contribution in [3.05, 3.63) is 12.5 Å². The van der Waals surface area contributed by atoms with Gasteiger partial charge in [-0.1, -0.05) is 6.92 Å². The van der Waals surface area contributed by atoms with Gasteiger partial charge in [0.1, 0.15) is 12.1 Å². The van der Waals surface area contributed by atoms with Crippen molar-refractivity contribution in [1.82, 2.24) is 19.7 Å². The van der Waals surface area contributed by atoms with E-state index in [1.54, 1.807) is 11.0 Å². The topological polar surface area (TPSA) is 72.9 Å². The smallest absolute Gasteiger partial charge is 0.163 e. The van der Waals surface area contributed by atoms with E-state index in [9.17, 15) is 0 Å². The van der Waals surface area contributed by atoms with E-state index >= 15 is 0 Å². The molecule has 3 rings (SSSR count). The zero-order chi connectivity index (χ0) is 13.4. The van der Waals surface area contributed by atoms with E-state index < -0.39 is 0 Å². The maximum Gasteiger partial charge on any atom is 0.163 e. The highest BCUT2D eigenvalue weighted by molar-refractivity contribution is 5.86. The van der Waals surface area contributed by atoms with E-state index in [-0.39, 0.29) is 0 Å². The number of fused-ring (bicyclic) bond motifs is 1. The lowest BCUT2D eigenvalue weighted by Crippen LogP contribution is -2.46. The van der Waals surface area contributed by atoms with E-state index in [1.165, 1.54) is 6.42 Å². The largest absolute Gasteiger partial charge is 0.352 e. The van der Waals surface area contributed by atoms with Gasteiger partial charge in [-0.2, -0.15) is 5.10 Å². The summed E-state index contributed by atoms with van der Waals surface area (Å²) in [6.45, 7) is 3.96. The standard InChI is InChI=1S/C13H20N6/c1-9-3-4-19(10(5-9)6-14)13-11-7-17-18(2)12(11)15-8-16-13/h7-10H,3-6,14H2,1-2H3. The molecule has 0 aliphatic carbocycles. The first kappa shape index (κ1) is 12.3. The van der Waals surface area contributed by atoms with Crippen molar-refractivity contribution in [2.24, 2.45) is 18.7 Å². The predicted molar refractivity (Wildman–Crippen MR) is 74.9 cm³/mol. The number of hydrogen-bond donors (Lipinski definition) is 1. The van der Waals surface area contributed by atoms with Gasteiger partial charge in [-0.25, -0.2) is 9.97 Å². The molecule has 0 amide bonds. The second kappa shape index (κ2) is 4.77. The summed E-state index contributed by atoms with van der Waals surface area (Å²) in [7, 11) is 1.90. The van der Waals surface area contributed by atoms with Crippen molar-refractivity contribution < 1.29 is 0 Å². The monoisotopic (exact) mass is 260 g/mol. The third kappa shape index (κ3) is 2.06. The lowest BCUT2D eigenvalue weighted by molar-refractivity contribution is 0.365. The molecule has 2 aromatic rings. The van der Waals surface area contributed by atoms with Gasteiger partial charge in [0.25, 0.3) is 0 Å². The van der Waals surface area contributed by atoms with E-state index in [2.05, 4.69) is 26.9 Å². The Bertz CT molecular complexity index is 578. The fourth-order valence-corrected chi connectivity index (χ4v) is 2.93. The lowest BCUT2D eigenvalue weighted by atomic mass is 9.92. The van der Waals surface area contributed by atoms with Crippen LogP contribution in [0, 0.1) is 5.92 Å². The van der Waals surface area contributed by atoms with Gasteiger partial charge in [-0.05, 0) is 18.8 Å². The molecule has 2 unspecified atom stereocenters. The average Bonchev–Trinajstić information content (AvgIpc) is 2.81. The minimum atomic E-state index is 0.363. The molecule has 3 heterocycles. The summed E-state index contributed by atoms with van der Waals surface area (Å²) in [5.74, 6) is 1.71. The number of hydrogen-bond acceptors (Lipinski definition) is 5. The molecule has 0 bridgehead atoms. The fraction of sp³-hybridized carbons (Fsp3) is 0.615. The van der Waals surface area contributed by atoms with Gasteiger partial charge in [0.15, 0.2) is 5.65 Å². The number of rotatable bonds is 2. The van der Waals surface area contributed by atoms with Gasteiger partial charge in [-0.15, -0.1) is 0 Å². The molecule has 0 saturated carbocycles. The van der Waals surface area contributed by atoms with Gasteiger partial charge in [0.05, 0.1) is 11.6 Å². The van der Waals surface area contributed by atoms with Gasteiger partial charge < -0.3 is 10.6 Å². The van der Waals surface area contributed by atoms with Crippen molar-refractivity contribution >= 4 is 16.9 Å². The Labute approximate surface area is 112 Å². The summed E-state index contributed by atoms with van der Waals surface area (Å²) >= 11 is 0. The maximum absolute atomic E-state index is 5.94.